The molecule has 0 saturated heterocycles. The molecule has 0 aliphatic heterocycles. The van der Waals surface area contributed by atoms with Crippen LogP contribution in [0.4, 0.5) is 0 Å². The van der Waals surface area contributed by atoms with Crippen molar-refractivity contribution < 1.29 is 4.42 Å². The van der Waals surface area contributed by atoms with Gasteiger partial charge >= 0.3 is 0 Å². The lowest BCUT2D eigenvalue weighted by Crippen LogP contribution is -2.10. The van der Waals surface area contributed by atoms with Crippen LogP contribution in [-0.4, -0.2) is 14.5 Å². The Kier molecular flexibility index (Phi) is 6.23. The second-order valence-electron chi connectivity index (χ2n) is 12.0. The Morgan fingerprint density at radius 3 is 2.10 bits per heavy atom. The summed E-state index contributed by atoms with van der Waals surface area (Å²) in [5.41, 5.74) is 12.8. The van der Waals surface area contributed by atoms with Crippen molar-refractivity contribution in [3.63, 3.8) is 0 Å². The van der Waals surface area contributed by atoms with Crippen molar-refractivity contribution in [1.82, 2.24) is 14.5 Å². The summed E-state index contributed by atoms with van der Waals surface area (Å²) in [6.45, 7) is 13.3. The van der Waals surface area contributed by atoms with Crippen LogP contribution in [0.3, 0.4) is 0 Å². The van der Waals surface area contributed by atoms with Crippen LogP contribution >= 0.6 is 0 Å². The standard InChI is InChI=1S/C38H35N3O/c1-22(2)30-20-27(26-12-8-7-9-13-26)21-31(23(3)4)35(30)41-37(40-32-19-17-25(6)39-38(32)41)29-18-16-24(5)34-28-14-10-11-15-33(28)42-36(29)34/h7-23H,1-6H3. The second-order valence-corrected chi connectivity index (χ2v) is 12.0. The van der Waals surface area contributed by atoms with Gasteiger partial charge in [0.1, 0.15) is 16.7 Å². The Morgan fingerprint density at radius 1 is 0.690 bits per heavy atom. The first-order valence-electron chi connectivity index (χ1n) is 14.8. The van der Waals surface area contributed by atoms with Gasteiger partial charge in [-0.3, -0.25) is 4.57 Å². The molecule has 4 heteroatoms. The van der Waals surface area contributed by atoms with E-state index in [2.05, 4.69) is 112 Å². The van der Waals surface area contributed by atoms with Crippen molar-refractivity contribution in [2.24, 2.45) is 0 Å². The normalized spacial score (nSPS) is 12.0. The molecular weight excluding hydrogens is 514 g/mol. The maximum atomic E-state index is 6.59. The van der Waals surface area contributed by atoms with Crippen molar-refractivity contribution >= 4 is 33.1 Å². The van der Waals surface area contributed by atoms with Crippen molar-refractivity contribution in [2.45, 2.75) is 53.4 Å². The van der Waals surface area contributed by atoms with E-state index in [4.69, 9.17) is 14.4 Å². The fourth-order valence-corrected chi connectivity index (χ4v) is 6.23. The van der Waals surface area contributed by atoms with Crippen LogP contribution < -0.4 is 0 Å². The molecule has 42 heavy (non-hydrogen) atoms. The fourth-order valence-electron chi connectivity index (χ4n) is 6.23. The van der Waals surface area contributed by atoms with Gasteiger partial charge in [0.05, 0.1) is 11.3 Å². The smallest absolute Gasteiger partial charge is 0.165 e. The zero-order valence-electron chi connectivity index (χ0n) is 25.1. The molecule has 0 radical (unpaired) electrons. The molecule has 0 bridgehead atoms. The predicted octanol–water partition coefficient (Wildman–Crippen LogP) is 10.5. The molecular formula is C38H35N3O. The first-order chi connectivity index (χ1) is 20.3. The lowest BCUT2D eigenvalue weighted by atomic mass is 9.88. The number of fused-ring (bicyclic) bond motifs is 4. The lowest BCUT2D eigenvalue weighted by molar-refractivity contribution is 0.669. The molecule has 0 fully saturated rings. The predicted molar refractivity (Wildman–Crippen MR) is 175 cm³/mol. The van der Waals surface area contributed by atoms with E-state index < -0.39 is 0 Å². The maximum Gasteiger partial charge on any atom is 0.165 e. The largest absolute Gasteiger partial charge is 0.455 e. The van der Waals surface area contributed by atoms with Crippen LogP contribution in [-0.2, 0) is 0 Å². The van der Waals surface area contributed by atoms with E-state index in [-0.39, 0.29) is 11.8 Å². The summed E-state index contributed by atoms with van der Waals surface area (Å²) in [4.78, 5) is 10.4. The molecule has 3 aromatic heterocycles. The summed E-state index contributed by atoms with van der Waals surface area (Å²) in [6, 6.07) is 32.2. The van der Waals surface area contributed by atoms with Crippen LogP contribution in [0, 0.1) is 13.8 Å². The van der Waals surface area contributed by atoms with Gasteiger partial charge in [0.25, 0.3) is 0 Å². The molecule has 7 aromatic rings. The molecule has 4 aromatic carbocycles. The van der Waals surface area contributed by atoms with E-state index >= 15 is 0 Å². The quantitative estimate of drug-likeness (QED) is 0.214. The van der Waals surface area contributed by atoms with Gasteiger partial charge in [-0.25, -0.2) is 9.97 Å². The van der Waals surface area contributed by atoms with Crippen LogP contribution in [0.5, 0.6) is 0 Å². The summed E-state index contributed by atoms with van der Waals surface area (Å²) in [5, 5.41) is 2.26. The number of hydrogen-bond donors (Lipinski definition) is 0. The molecule has 0 amide bonds. The molecule has 0 saturated carbocycles. The Hall–Kier alpha value is -4.70. The molecule has 3 heterocycles. The van der Waals surface area contributed by atoms with Crippen LogP contribution in [0.1, 0.15) is 61.9 Å². The molecule has 0 atom stereocenters. The van der Waals surface area contributed by atoms with Gasteiger partial charge in [0.2, 0.25) is 0 Å². The van der Waals surface area contributed by atoms with E-state index in [0.29, 0.717) is 0 Å². The third-order valence-electron chi connectivity index (χ3n) is 8.36. The van der Waals surface area contributed by atoms with Gasteiger partial charge in [-0.05, 0) is 89.9 Å². The third-order valence-corrected chi connectivity index (χ3v) is 8.36. The van der Waals surface area contributed by atoms with Gasteiger partial charge in [-0.2, -0.15) is 0 Å². The summed E-state index contributed by atoms with van der Waals surface area (Å²) in [7, 11) is 0. The molecule has 0 unspecified atom stereocenters. The summed E-state index contributed by atoms with van der Waals surface area (Å²) in [5.74, 6) is 1.41. The Labute approximate surface area is 246 Å². The number of nitrogens with zero attached hydrogens (tertiary/aromatic N) is 3. The minimum absolute atomic E-state index is 0.278. The monoisotopic (exact) mass is 549 g/mol. The van der Waals surface area contributed by atoms with Crippen molar-refractivity contribution in [2.75, 3.05) is 0 Å². The number of furan rings is 1. The van der Waals surface area contributed by atoms with E-state index in [1.165, 1.54) is 33.5 Å². The topological polar surface area (TPSA) is 43.9 Å². The van der Waals surface area contributed by atoms with Gasteiger partial charge in [0.15, 0.2) is 11.5 Å². The average molecular weight is 550 g/mol. The average Bonchev–Trinajstić information content (AvgIpc) is 3.56. The van der Waals surface area contributed by atoms with E-state index in [1.807, 2.05) is 25.1 Å². The first-order valence-corrected chi connectivity index (χ1v) is 14.8. The van der Waals surface area contributed by atoms with E-state index in [0.717, 1.165) is 50.2 Å². The first kappa shape index (κ1) is 26.2. The number of pyridine rings is 1. The molecule has 0 N–H and O–H groups in total. The highest BCUT2D eigenvalue weighted by Crippen LogP contribution is 2.42. The zero-order valence-corrected chi connectivity index (χ0v) is 25.1. The maximum absolute atomic E-state index is 6.59. The van der Waals surface area contributed by atoms with Gasteiger partial charge in [0, 0.05) is 16.5 Å². The number of imidazole rings is 1. The minimum atomic E-state index is 0.278. The van der Waals surface area contributed by atoms with Gasteiger partial charge in [-0.15, -0.1) is 0 Å². The van der Waals surface area contributed by atoms with Crippen molar-refractivity contribution in [1.29, 1.82) is 0 Å². The number of para-hydroxylation sites is 1. The van der Waals surface area contributed by atoms with Gasteiger partial charge in [-0.1, -0.05) is 82.3 Å². The van der Waals surface area contributed by atoms with E-state index in [1.54, 1.807) is 0 Å². The van der Waals surface area contributed by atoms with Crippen LogP contribution in [0.15, 0.2) is 95.4 Å². The number of rotatable bonds is 5. The number of aryl methyl sites for hydroxylation is 2. The molecule has 0 aliphatic rings. The van der Waals surface area contributed by atoms with Crippen LogP contribution in [0.25, 0.3) is 61.3 Å². The minimum Gasteiger partial charge on any atom is -0.455 e. The highest BCUT2D eigenvalue weighted by Gasteiger charge is 2.26. The van der Waals surface area contributed by atoms with Crippen molar-refractivity contribution in [3.05, 3.63) is 113 Å². The second kappa shape index (κ2) is 9.99. The molecule has 0 spiro atoms. The van der Waals surface area contributed by atoms with Crippen LogP contribution in [0.2, 0.25) is 0 Å². The highest BCUT2D eigenvalue weighted by atomic mass is 16.3. The highest BCUT2D eigenvalue weighted by molar-refractivity contribution is 6.11. The Balaban J connectivity index is 1.62. The number of benzene rings is 4. The van der Waals surface area contributed by atoms with Crippen molar-refractivity contribution in [3.8, 4) is 28.2 Å². The number of hydrogen-bond acceptors (Lipinski definition) is 3. The summed E-state index contributed by atoms with van der Waals surface area (Å²) in [6.07, 6.45) is 0. The summed E-state index contributed by atoms with van der Waals surface area (Å²) < 4.78 is 8.89. The molecule has 0 aliphatic carbocycles. The summed E-state index contributed by atoms with van der Waals surface area (Å²) >= 11 is 0. The number of aromatic nitrogens is 3. The third kappa shape index (κ3) is 4.13. The Bertz CT molecular complexity index is 2080. The fraction of sp³-hybridized carbons (Fsp3) is 0.211. The van der Waals surface area contributed by atoms with Gasteiger partial charge < -0.3 is 4.42 Å². The molecule has 4 nitrogen and oxygen atoms in total. The Morgan fingerprint density at radius 2 is 1.38 bits per heavy atom. The van der Waals surface area contributed by atoms with E-state index in [9.17, 15) is 0 Å². The zero-order chi connectivity index (χ0) is 29.1. The SMILES string of the molecule is Cc1ccc2nc(-c3ccc(C)c4c3oc3ccccc34)n(-c3c(C(C)C)cc(-c4ccccc4)cc3C(C)C)c2n1. The molecule has 7 rings (SSSR count). The molecule has 208 valence electrons. The lowest BCUT2D eigenvalue weighted by Gasteiger charge is -2.24.